The molecular weight excluding hydrogens is 214 g/mol. The van der Waals surface area contributed by atoms with Crippen LogP contribution in [0.1, 0.15) is 25.3 Å². The van der Waals surface area contributed by atoms with Crippen molar-refractivity contribution in [1.82, 2.24) is 0 Å². The summed E-state index contributed by atoms with van der Waals surface area (Å²) in [5.74, 6) is -0.215. The fourth-order valence-corrected chi connectivity index (χ4v) is 1.86. The van der Waals surface area contributed by atoms with Crippen LogP contribution >= 0.6 is 0 Å². The Morgan fingerprint density at radius 2 is 2.00 bits per heavy atom. The van der Waals surface area contributed by atoms with Gasteiger partial charge in [0.1, 0.15) is 0 Å². The average molecular weight is 235 g/mol. The number of carbonyl (C=O) groups is 1. The van der Waals surface area contributed by atoms with Crippen molar-refractivity contribution in [3.63, 3.8) is 0 Å². The lowest BCUT2D eigenvalue weighted by Crippen LogP contribution is -2.36. The molecule has 2 N–H and O–H groups in total. The molecule has 1 aromatic carbocycles. The molecule has 1 unspecified atom stereocenters. The topological polar surface area (TPSA) is 52.3 Å². The van der Waals surface area contributed by atoms with E-state index in [1.54, 1.807) is 0 Å². The SMILES string of the molecule is COC(=O)C(C)(CN)CCCc1ccccc1. The molecule has 1 rings (SSSR count). The Kier molecular flexibility index (Phi) is 5.16. The highest BCUT2D eigenvalue weighted by molar-refractivity contribution is 5.76. The first kappa shape index (κ1) is 13.7. The maximum Gasteiger partial charge on any atom is 0.312 e. The van der Waals surface area contributed by atoms with Crippen LogP contribution in [0.4, 0.5) is 0 Å². The van der Waals surface area contributed by atoms with Crippen molar-refractivity contribution in [2.24, 2.45) is 11.1 Å². The normalized spacial score (nSPS) is 14.1. The number of hydrogen-bond acceptors (Lipinski definition) is 3. The van der Waals surface area contributed by atoms with Gasteiger partial charge in [-0.25, -0.2) is 0 Å². The Bertz CT molecular complexity index is 350. The number of esters is 1. The van der Waals surface area contributed by atoms with Gasteiger partial charge in [-0.3, -0.25) is 4.79 Å². The molecule has 0 bridgehead atoms. The molecule has 0 aliphatic rings. The zero-order valence-electron chi connectivity index (χ0n) is 10.6. The van der Waals surface area contributed by atoms with E-state index in [0.717, 1.165) is 19.3 Å². The minimum Gasteiger partial charge on any atom is -0.469 e. The first-order valence-corrected chi connectivity index (χ1v) is 5.95. The second-order valence-corrected chi connectivity index (χ2v) is 4.60. The molecule has 0 aliphatic heterocycles. The molecule has 94 valence electrons. The van der Waals surface area contributed by atoms with Crippen LogP contribution in [0, 0.1) is 5.41 Å². The second-order valence-electron chi connectivity index (χ2n) is 4.60. The molecule has 1 atom stereocenters. The molecule has 0 amide bonds. The van der Waals surface area contributed by atoms with Gasteiger partial charge in [0, 0.05) is 6.54 Å². The molecule has 0 heterocycles. The van der Waals surface area contributed by atoms with Crippen LogP contribution in [0.2, 0.25) is 0 Å². The molecule has 17 heavy (non-hydrogen) atoms. The van der Waals surface area contributed by atoms with Crippen molar-refractivity contribution in [2.75, 3.05) is 13.7 Å². The van der Waals surface area contributed by atoms with Crippen molar-refractivity contribution in [1.29, 1.82) is 0 Å². The Morgan fingerprint density at radius 1 is 1.35 bits per heavy atom. The predicted molar refractivity (Wildman–Crippen MR) is 68.6 cm³/mol. The number of aryl methyl sites for hydroxylation is 1. The molecule has 0 aliphatic carbocycles. The first-order chi connectivity index (χ1) is 8.12. The maximum absolute atomic E-state index is 11.6. The Morgan fingerprint density at radius 3 is 2.53 bits per heavy atom. The smallest absolute Gasteiger partial charge is 0.312 e. The van der Waals surface area contributed by atoms with Gasteiger partial charge in [0.2, 0.25) is 0 Å². The number of methoxy groups -OCH3 is 1. The van der Waals surface area contributed by atoms with Crippen molar-refractivity contribution >= 4 is 5.97 Å². The fourth-order valence-electron chi connectivity index (χ4n) is 1.86. The molecule has 0 spiro atoms. The third-order valence-electron chi connectivity index (χ3n) is 3.17. The minimum absolute atomic E-state index is 0.215. The van der Waals surface area contributed by atoms with Gasteiger partial charge in [-0.15, -0.1) is 0 Å². The molecular formula is C14H21NO2. The van der Waals surface area contributed by atoms with Crippen molar-refractivity contribution < 1.29 is 9.53 Å². The summed E-state index contributed by atoms with van der Waals surface area (Å²) in [5, 5.41) is 0. The predicted octanol–water partition coefficient (Wildman–Crippen LogP) is 2.15. The molecule has 0 aromatic heterocycles. The third kappa shape index (κ3) is 3.86. The molecule has 0 saturated carbocycles. The molecule has 0 radical (unpaired) electrons. The number of rotatable bonds is 6. The van der Waals surface area contributed by atoms with E-state index in [-0.39, 0.29) is 5.97 Å². The van der Waals surface area contributed by atoms with Gasteiger partial charge in [-0.05, 0) is 31.7 Å². The van der Waals surface area contributed by atoms with Gasteiger partial charge in [-0.2, -0.15) is 0 Å². The third-order valence-corrected chi connectivity index (χ3v) is 3.17. The summed E-state index contributed by atoms with van der Waals surface area (Å²) in [7, 11) is 1.41. The summed E-state index contributed by atoms with van der Waals surface area (Å²) in [5.41, 5.74) is 6.40. The standard InChI is InChI=1S/C14H21NO2/c1-14(11-15,13(16)17-2)10-6-9-12-7-4-3-5-8-12/h3-5,7-8H,6,9-11,15H2,1-2H3. The number of nitrogens with two attached hydrogens (primary N) is 1. The van der Waals surface area contributed by atoms with Gasteiger partial charge in [-0.1, -0.05) is 30.3 Å². The molecule has 1 aromatic rings. The minimum atomic E-state index is -0.552. The lowest BCUT2D eigenvalue weighted by Gasteiger charge is -2.24. The van der Waals surface area contributed by atoms with E-state index >= 15 is 0 Å². The van der Waals surface area contributed by atoms with Crippen LogP contribution in [-0.4, -0.2) is 19.6 Å². The summed E-state index contributed by atoms with van der Waals surface area (Å²) in [4.78, 5) is 11.6. The first-order valence-electron chi connectivity index (χ1n) is 5.95. The molecule has 0 fully saturated rings. The summed E-state index contributed by atoms with van der Waals surface area (Å²) < 4.78 is 4.79. The van der Waals surface area contributed by atoms with Crippen molar-refractivity contribution in [2.45, 2.75) is 26.2 Å². The second kappa shape index (κ2) is 6.40. The lowest BCUT2D eigenvalue weighted by atomic mass is 9.84. The van der Waals surface area contributed by atoms with Crippen LogP contribution < -0.4 is 5.73 Å². The molecule has 3 heteroatoms. The number of hydrogen-bond donors (Lipinski definition) is 1. The Hall–Kier alpha value is -1.35. The lowest BCUT2D eigenvalue weighted by molar-refractivity contribution is -0.151. The Balaban J connectivity index is 2.46. The van der Waals surface area contributed by atoms with Crippen LogP contribution in [0.3, 0.4) is 0 Å². The zero-order chi connectivity index (χ0) is 12.7. The van der Waals surface area contributed by atoms with Gasteiger partial charge in [0.15, 0.2) is 0 Å². The van der Waals surface area contributed by atoms with Crippen LogP contribution in [0.25, 0.3) is 0 Å². The monoisotopic (exact) mass is 235 g/mol. The zero-order valence-corrected chi connectivity index (χ0v) is 10.6. The fraction of sp³-hybridized carbons (Fsp3) is 0.500. The molecule has 0 saturated heterocycles. The van der Waals surface area contributed by atoms with Crippen molar-refractivity contribution in [3.05, 3.63) is 35.9 Å². The largest absolute Gasteiger partial charge is 0.469 e. The molecule has 3 nitrogen and oxygen atoms in total. The quantitative estimate of drug-likeness (QED) is 0.769. The van der Waals surface area contributed by atoms with Gasteiger partial charge in [0.25, 0.3) is 0 Å². The number of benzene rings is 1. The highest BCUT2D eigenvalue weighted by Gasteiger charge is 2.32. The van der Waals surface area contributed by atoms with Crippen LogP contribution in [0.15, 0.2) is 30.3 Å². The number of carbonyl (C=O) groups excluding carboxylic acids is 1. The van der Waals surface area contributed by atoms with E-state index in [1.165, 1.54) is 12.7 Å². The highest BCUT2D eigenvalue weighted by Crippen LogP contribution is 2.24. The average Bonchev–Trinajstić information content (AvgIpc) is 2.38. The highest BCUT2D eigenvalue weighted by atomic mass is 16.5. The van der Waals surface area contributed by atoms with E-state index in [9.17, 15) is 4.79 Å². The van der Waals surface area contributed by atoms with Crippen LogP contribution in [-0.2, 0) is 16.0 Å². The summed E-state index contributed by atoms with van der Waals surface area (Å²) in [6.07, 6.45) is 2.66. The van der Waals surface area contributed by atoms with Crippen LogP contribution in [0.5, 0.6) is 0 Å². The summed E-state index contributed by atoms with van der Waals surface area (Å²) in [6.45, 7) is 2.19. The van der Waals surface area contributed by atoms with Gasteiger partial charge >= 0.3 is 5.97 Å². The Labute approximate surface area is 103 Å². The van der Waals surface area contributed by atoms with E-state index in [4.69, 9.17) is 10.5 Å². The number of ether oxygens (including phenoxy) is 1. The van der Waals surface area contributed by atoms with E-state index in [2.05, 4.69) is 12.1 Å². The van der Waals surface area contributed by atoms with Gasteiger partial charge < -0.3 is 10.5 Å². The van der Waals surface area contributed by atoms with E-state index in [1.807, 2.05) is 25.1 Å². The summed E-state index contributed by atoms with van der Waals surface area (Å²) >= 11 is 0. The van der Waals surface area contributed by atoms with Crippen molar-refractivity contribution in [3.8, 4) is 0 Å². The summed E-state index contributed by atoms with van der Waals surface area (Å²) in [6, 6.07) is 10.2. The van der Waals surface area contributed by atoms with E-state index in [0.29, 0.717) is 6.54 Å². The maximum atomic E-state index is 11.6. The van der Waals surface area contributed by atoms with E-state index < -0.39 is 5.41 Å². The van der Waals surface area contributed by atoms with Gasteiger partial charge in [0.05, 0.1) is 12.5 Å².